The van der Waals surface area contributed by atoms with Crippen LogP contribution < -0.4 is 20.6 Å². The highest BCUT2D eigenvalue weighted by molar-refractivity contribution is 7.55. The number of nitrogens with two attached hydrogens (primary N) is 1. The summed E-state index contributed by atoms with van der Waals surface area (Å²) < 4.78 is 6.23. The van der Waals surface area contributed by atoms with E-state index < -0.39 is 20.2 Å². The first-order chi connectivity index (χ1) is 8.87. The molecule has 0 radical (unpaired) electrons. The molecule has 2 heterocycles. The summed E-state index contributed by atoms with van der Waals surface area (Å²) in [6.45, 7) is 0.197. The van der Waals surface area contributed by atoms with Crippen molar-refractivity contribution in [3.8, 4) is 5.88 Å². The maximum atomic E-state index is 11.4. The maximum Gasteiger partial charge on any atom is 0.221 e. The Balaban J connectivity index is 2.05. The number of nitrogens with zero attached hydrogens (tertiary/aromatic N) is 4. The number of fused-ring (bicyclic) bond motifs is 1. The minimum absolute atomic E-state index is 0.00362. The number of hydrogen-bond acceptors (Lipinski definition) is 9. The fourth-order valence-electron chi connectivity index (χ4n) is 1.44. The fraction of sp³-hybridized carbons (Fsp3) is 0.375. The third-order valence-corrected chi connectivity index (χ3v) is 2.69. The monoisotopic (exact) mass is 287 g/mol. The van der Waals surface area contributed by atoms with Gasteiger partial charge in [-0.05, 0) is 0 Å². The Bertz CT molecular complexity index is 583. The molecule has 0 aliphatic carbocycles. The minimum Gasteiger partial charge on any atom is -0.857 e. The first kappa shape index (κ1) is 13.8. The van der Waals surface area contributed by atoms with Gasteiger partial charge < -0.3 is 29.9 Å². The van der Waals surface area contributed by atoms with Gasteiger partial charge in [-0.3, -0.25) is 4.89 Å². The number of anilines is 1. The highest BCUT2D eigenvalue weighted by Gasteiger charge is 2.09. The second-order valence-electron chi connectivity index (χ2n) is 3.67. The number of aromatic nitrogens is 4. The summed E-state index contributed by atoms with van der Waals surface area (Å²) in [6.07, 6.45) is 0.572. The molecule has 0 fully saturated rings. The van der Waals surface area contributed by atoms with E-state index >= 15 is 0 Å². The third-order valence-electron chi connectivity index (χ3n) is 2.18. The summed E-state index contributed by atoms with van der Waals surface area (Å²) in [5, 5.41) is 11.4. The first-order valence-electron chi connectivity index (χ1n) is 5.13. The molecule has 0 spiro atoms. The highest BCUT2D eigenvalue weighted by atomic mass is 31.2. The van der Waals surface area contributed by atoms with Gasteiger partial charge in [0.1, 0.15) is 5.52 Å². The van der Waals surface area contributed by atoms with Crippen LogP contribution in [0.25, 0.3) is 11.2 Å². The second kappa shape index (κ2) is 5.19. The van der Waals surface area contributed by atoms with Gasteiger partial charge in [0.2, 0.25) is 5.95 Å². The first-order valence-corrected chi connectivity index (χ1v) is 6.89. The van der Waals surface area contributed by atoms with Crippen LogP contribution in [0.2, 0.25) is 0 Å². The predicted molar refractivity (Wildman–Crippen MR) is 59.1 cm³/mol. The third kappa shape index (κ3) is 3.46. The van der Waals surface area contributed by atoms with Gasteiger partial charge in [-0.15, -0.1) is 0 Å². The van der Waals surface area contributed by atoms with Crippen molar-refractivity contribution in [3.63, 3.8) is 0 Å². The zero-order valence-corrected chi connectivity index (χ0v) is 10.5. The van der Waals surface area contributed by atoms with Gasteiger partial charge in [0.25, 0.3) is 0 Å². The van der Waals surface area contributed by atoms with Gasteiger partial charge in [-0.25, -0.2) is 9.97 Å². The lowest BCUT2D eigenvalue weighted by Crippen LogP contribution is -2.25. The van der Waals surface area contributed by atoms with E-state index in [9.17, 15) is 14.9 Å². The van der Waals surface area contributed by atoms with E-state index in [0.717, 1.165) is 0 Å². The van der Waals surface area contributed by atoms with E-state index in [-0.39, 0.29) is 30.3 Å². The van der Waals surface area contributed by atoms with Gasteiger partial charge in [0.15, 0.2) is 12.0 Å². The van der Waals surface area contributed by atoms with Crippen molar-refractivity contribution in [2.45, 2.75) is 6.54 Å². The van der Waals surface area contributed by atoms with Crippen molar-refractivity contribution in [2.24, 2.45) is 0 Å². The quantitative estimate of drug-likeness (QED) is 0.428. The van der Waals surface area contributed by atoms with Crippen LogP contribution in [0.4, 0.5) is 5.95 Å². The van der Waals surface area contributed by atoms with Crippen molar-refractivity contribution in [1.82, 2.24) is 19.5 Å². The van der Waals surface area contributed by atoms with E-state index in [1.165, 1.54) is 10.9 Å². The smallest absolute Gasteiger partial charge is 0.221 e. The zero-order chi connectivity index (χ0) is 14.0. The molecule has 0 aliphatic heterocycles. The molecule has 0 saturated carbocycles. The van der Waals surface area contributed by atoms with Crippen molar-refractivity contribution >= 4 is 25.1 Å². The lowest BCUT2D eigenvalue weighted by Gasteiger charge is -2.26. The average molecular weight is 287 g/mol. The molecule has 10 nitrogen and oxygen atoms in total. The van der Waals surface area contributed by atoms with Gasteiger partial charge in [0.05, 0.1) is 20.9 Å². The summed E-state index contributed by atoms with van der Waals surface area (Å²) in [4.78, 5) is 40.5. The second-order valence-corrected chi connectivity index (χ2v) is 5.21. The lowest BCUT2D eigenvalue weighted by molar-refractivity contribution is -0.336. The summed E-state index contributed by atoms with van der Waals surface area (Å²) >= 11 is 0. The van der Waals surface area contributed by atoms with E-state index in [4.69, 9.17) is 15.4 Å². The van der Waals surface area contributed by atoms with Crippen LogP contribution >= 0.6 is 7.94 Å². The van der Waals surface area contributed by atoms with Gasteiger partial charge in [-0.1, -0.05) is 0 Å². The lowest BCUT2D eigenvalue weighted by atomic mass is 10.5. The SMILES string of the molecule is Nc1nc([O-])c2ncn(CCOC[P+]([O-])([O-])O)c2n1. The van der Waals surface area contributed by atoms with Crippen molar-refractivity contribution in [3.05, 3.63) is 6.33 Å². The number of imidazole rings is 1. The molecule has 3 N–H and O–H groups in total. The number of rotatable bonds is 5. The standard InChI is InChI=1S/C8H12N5O5P/c9-8-11-6-5(7(14)12-8)10-3-13(6)1-2-18-4-19(15,16)17/h3H,1-2,4H2,(H2,15,16,17)(H3,9,11,12,14)/p-2. The molecule has 0 bridgehead atoms. The molecule has 2 aromatic heterocycles. The van der Waals surface area contributed by atoms with Crippen LogP contribution in [0.15, 0.2) is 6.33 Å². The van der Waals surface area contributed by atoms with Crippen molar-refractivity contribution in [2.75, 3.05) is 18.7 Å². The molecule has 0 aliphatic rings. The summed E-state index contributed by atoms with van der Waals surface area (Å²) in [5.74, 6) is -0.749. The molecule has 0 saturated heterocycles. The molecule has 0 unspecified atom stereocenters. The Morgan fingerprint density at radius 3 is 2.84 bits per heavy atom. The van der Waals surface area contributed by atoms with Gasteiger partial charge in [0, 0.05) is 12.4 Å². The Kier molecular flexibility index (Phi) is 3.78. The molecule has 0 atom stereocenters. The number of ether oxygens (including phenoxy) is 1. The molecular weight excluding hydrogens is 277 g/mol. The van der Waals surface area contributed by atoms with Crippen LogP contribution in [0.3, 0.4) is 0 Å². The molecule has 11 heteroatoms. The molecule has 2 rings (SSSR count). The molecule has 0 aromatic carbocycles. The Labute approximate surface area is 107 Å². The largest absolute Gasteiger partial charge is 0.857 e. The molecule has 104 valence electrons. The fourth-order valence-corrected chi connectivity index (χ4v) is 1.80. The highest BCUT2D eigenvalue weighted by Crippen LogP contribution is 2.32. The number of hydrogen-bond donors (Lipinski definition) is 2. The Morgan fingerprint density at radius 1 is 1.42 bits per heavy atom. The summed E-state index contributed by atoms with van der Waals surface area (Å²) in [6, 6.07) is 0. The average Bonchev–Trinajstić information content (AvgIpc) is 2.66. The summed E-state index contributed by atoms with van der Waals surface area (Å²) in [5.41, 5.74) is 5.68. The Morgan fingerprint density at radius 2 is 2.16 bits per heavy atom. The molecule has 0 amide bonds. The minimum atomic E-state index is -4.43. The van der Waals surface area contributed by atoms with E-state index in [1.807, 2.05) is 0 Å². The molecule has 19 heavy (non-hydrogen) atoms. The predicted octanol–water partition coefficient (Wildman–Crippen LogP) is -3.07. The molecular formula is C8H10N5O5P-2. The zero-order valence-electron chi connectivity index (χ0n) is 9.59. The van der Waals surface area contributed by atoms with Crippen molar-refractivity contribution in [1.29, 1.82) is 0 Å². The Hall–Kier alpha value is -1.58. The van der Waals surface area contributed by atoms with Gasteiger partial charge >= 0.3 is 0 Å². The van der Waals surface area contributed by atoms with E-state index in [0.29, 0.717) is 0 Å². The van der Waals surface area contributed by atoms with E-state index in [2.05, 4.69) is 15.0 Å². The van der Waals surface area contributed by atoms with Crippen LogP contribution in [-0.4, -0.2) is 37.4 Å². The van der Waals surface area contributed by atoms with Crippen LogP contribution in [-0.2, 0) is 11.3 Å². The normalized spacial score (nSPS) is 12.2. The van der Waals surface area contributed by atoms with Crippen LogP contribution in [0.5, 0.6) is 5.88 Å². The summed E-state index contributed by atoms with van der Waals surface area (Å²) in [7, 11) is -4.43. The topological polar surface area (TPSA) is 168 Å². The van der Waals surface area contributed by atoms with Crippen molar-refractivity contribution < 1.29 is 24.5 Å². The maximum absolute atomic E-state index is 11.4. The number of nitrogen functional groups attached to an aromatic ring is 1. The molecule has 2 aromatic rings. The van der Waals surface area contributed by atoms with Gasteiger partial charge in [-0.2, -0.15) is 4.98 Å². The van der Waals surface area contributed by atoms with Crippen LogP contribution in [0.1, 0.15) is 0 Å². The van der Waals surface area contributed by atoms with E-state index in [1.54, 1.807) is 0 Å². The van der Waals surface area contributed by atoms with Crippen LogP contribution in [0, 0.1) is 0 Å².